The first-order valence-electron chi connectivity index (χ1n) is 7.59. The Balaban J connectivity index is 2.12. The van der Waals surface area contributed by atoms with Crippen LogP contribution in [0.4, 0.5) is 11.5 Å². The maximum Gasteiger partial charge on any atom is 0.290 e. The first-order valence-corrected chi connectivity index (χ1v) is 7.59. The predicted molar refractivity (Wildman–Crippen MR) is 86.0 cm³/mol. The zero-order valence-electron chi connectivity index (χ0n) is 13.8. The van der Waals surface area contributed by atoms with Crippen molar-refractivity contribution in [3.05, 3.63) is 33.3 Å². The van der Waals surface area contributed by atoms with Crippen LogP contribution in [0, 0.1) is 25.2 Å². The molecule has 0 amide bonds. The fourth-order valence-corrected chi connectivity index (χ4v) is 2.52. The van der Waals surface area contributed by atoms with Gasteiger partial charge < -0.3 is 19.4 Å². The third kappa shape index (κ3) is 3.09. The molecule has 0 atom stereocenters. The molecule has 10 heteroatoms. The van der Waals surface area contributed by atoms with E-state index in [1.807, 2.05) is 6.07 Å². The topological polar surface area (TPSA) is 129 Å². The highest BCUT2D eigenvalue weighted by molar-refractivity contribution is 5.59. The van der Waals surface area contributed by atoms with Gasteiger partial charge in [-0.1, -0.05) is 5.16 Å². The van der Waals surface area contributed by atoms with Crippen molar-refractivity contribution in [3.8, 4) is 11.9 Å². The highest BCUT2D eigenvalue weighted by atomic mass is 16.5. The van der Waals surface area contributed by atoms with Crippen molar-refractivity contribution in [1.82, 2.24) is 9.83 Å². The summed E-state index contributed by atoms with van der Waals surface area (Å²) in [6.07, 6.45) is 0. The van der Waals surface area contributed by atoms with Gasteiger partial charge in [-0.2, -0.15) is 9.94 Å². The minimum atomic E-state index is -0.601. The normalized spacial score (nSPS) is 14.8. The summed E-state index contributed by atoms with van der Waals surface area (Å²) in [5.74, 6) is 0.400. The van der Waals surface area contributed by atoms with Gasteiger partial charge in [-0.25, -0.2) is 0 Å². The van der Waals surface area contributed by atoms with E-state index in [2.05, 4.69) is 15.4 Å². The van der Waals surface area contributed by atoms with Gasteiger partial charge in [0.25, 0.3) is 5.56 Å². The minimum Gasteiger partial charge on any atom is -0.492 e. The van der Waals surface area contributed by atoms with Crippen LogP contribution in [-0.2, 0) is 4.74 Å². The largest absolute Gasteiger partial charge is 0.492 e. The molecule has 3 heterocycles. The van der Waals surface area contributed by atoms with Gasteiger partial charge in [0.1, 0.15) is 17.4 Å². The van der Waals surface area contributed by atoms with Crippen molar-refractivity contribution in [3.63, 3.8) is 0 Å². The van der Waals surface area contributed by atoms with Crippen LogP contribution in [0.5, 0.6) is 5.88 Å². The molecular formula is C15H16N6O4. The smallest absolute Gasteiger partial charge is 0.290 e. The number of ether oxygens (including phenoxy) is 1. The molecule has 0 unspecified atom stereocenters. The van der Waals surface area contributed by atoms with Crippen molar-refractivity contribution in [2.45, 2.75) is 13.8 Å². The summed E-state index contributed by atoms with van der Waals surface area (Å²) >= 11 is 0. The van der Waals surface area contributed by atoms with E-state index in [1.165, 1.54) is 6.92 Å². The molecular weight excluding hydrogens is 328 g/mol. The molecule has 1 aliphatic heterocycles. The lowest BCUT2D eigenvalue weighted by Crippen LogP contribution is -2.49. The molecule has 10 nitrogen and oxygen atoms in total. The summed E-state index contributed by atoms with van der Waals surface area (Å²) < 4.78 is 11.2. The lowest BCUT2D eigenvalue weighted by atomic mass is 10.1. The molecule has 2 aromatic heterocycles. The summed E-state index contributed by atoms with van der Waals surface area (Å²) in [7, 11) is 0. The van der Waals surface area contributed by atoms with Crippen molar-refractivity contribution >= 4 is 11.5 Å². The molecule has 0 saturated carbocycles. The molecule has 0 aromatic carbocycles. The second-order valence-corrected chi connectivity index (χ2v) is 5.46. The van der Waals surface area contributed by atoms with Crippen LogP contribution in [0.3, 0.4) is 0 Å². The van der Waals surface area contributed by atoms with E-state index in [0.717, 1.165) is 4.68 Å². The standard InChI is InChI=1S/C15H16N6O4/c1-9-7-12(19-25-9)17-18-13-10(2)11(8-16)14(22)21(15(13)23)20-3-5-24-6-4-20/h7,23H,3-6H2,1-2H3. The van der Waals surface area contributed by atoms with E-state index < -0.39 is 5.56 Å². The van der Waals surface area contributed by atoms with Gasteiger partial charge >= 0.3 is 0 Å². The van der Waals surface area contributed by atoms with Crippen LogP contribution in [0.2, 0.25) is 0 Å². The number of aromatic hydroxyl groups is 1. The molecule has 25 heavy (non-hydrogen) atoms. The molecule has 1 saturated heterocycles. The van der Waals surface area contributed by atoms with E-state index in [-0.39, 0.29) is 28.5 Å². The molecule has 0 radical (unpaired) electrons. The van der Waals surface area contributed by atoms with E-state index in [0.29, 0.717) is 32.1 Å². The Hall–Kier alpha value is -3.19. The molecule has 0 spiro atoms. The number of aromatic nitrogens is 2. The molecule has 0 bridgehead atoms. The van der Waals surface area contributed by atoms with E-state index >= 15 is 0 Å². The van der Waals surface area contributed by atoms with Crippen molar-refractivity contribution < 1.29 is 14.4 Å². The van der Waals surface area contributed by atoms with Gasteiger partial charge in [0, 0.05) is 11.6 Å². The quantitative estimate of drug-likeness (QED) is 0.833. The summed E-state index contributed by atoms with van der Waals surface area (Å²) in [4.78, 5) is 12.6. The summed E-state index contributed by atoms with van der Waals surface area (Å²) in [6.45, 7) is 4.88. The number of rotatable bonds is 3. The van der Waals surface area contributed by atoms with Gasteiger partial charge in [0.05, 0.1) is 26.3 Å². The van der Waals surface area contributed by atoms with Gasteiger partial charge in [-0.3, -0.25) is 4.79 Å². The molecule has 130 valence electrons. The molecule has 3 rings (SSSR count). The fraction of sp³-hybridized carbons (Fsp3) is 0.400. The third-order valence-electron chi connectivity index (χ3n) is 3.80. The average molecular weight is 344 g/mol. The number of morpholine rings is 1. The number of nitriles is 1. The number of pyridine rings is 1. The lowest BCUT2D eigenvalue weighted by Gasteiger charge is -2.31. The van der Waals surface area contributed by atoms with Gasteiger partial charge in [0.15, 0.2) is 5.69 Å². The molecule has 1 aliphatic rings. The van der Waals surface area contributed by atoms with E-state index in [1.54, 1.807) is 18.0 Å². The Morgan fingerprint density at radius 1 is 1.32 bits per heavy atom. The van der Waals surface area contributed by atoms with Crippen LogP contribution < -0.4 is 10.6 Å². The Labute approximate surface area is 142 Å². The average Bonchev–Trinajstić information content (AvgIpc) is 3.01. The van der Waals surface area contributed by atoms with E-state index in [9.17, 15) is 15.2 Å². The third-order valence-corrected chi connectivity index (χ3v) is 3.80. The summed E-state index contributed by atoms with van der Waals surface area (Å²) in [5.41, 5.74) is -0.424. The van der Waals surface area contributed by atoms with Crippen LogP contribution in [-0.4, -0.2) is 41.2 Å². The fourth-order valence-electron chi connectivity index (χ4n) is 2.52. The Morgan fingerprint density at radius 2 is 2.04 bits per heavy atom. The summed E-state index contributed by atoms with van der Waals surface area (Å²) in [6, 6.07) is 3.44. The number of aryl methyl sites for hydroxylation is 1. The number of hydrogen-bond donors (Lipinski definition) is 1. The Bertz CT molecular complexity index is 917. The molecule has 1 fully saturated rings. The minimum absolute atomic E-state index is 0.0308. The summed E-state index contributed by atoms with van der Waals surface area (Å²) in [5, 5.41) is 33.1. The molecule has 0 aliphatic carbocycles. The monoisotopic (exact) mass is 344 g/mol. The maximum absolute atomic E-state index is 12.6. The Kier molecular flexibility index (Phi) is 4.49. The predicted octanol–water partition coefficient (Wildman–Crippen LogP) is 1.41. The zero-order valence-corrected chi connectivity index (χ0v) is 13.8. The van der Waals surface area contributed by atoms with Crippen LogP contribution >= 0.6 is 0 Å². The number of azo groups is 1. The van der Waals surface area contributed by atoms with Gasteiger partial charge in [-0.15, -0.1) is 10.2 Å². The number of nitrogens with zero attached hydrogens (tertiary/aromatic N) is 6. The SMILES string of the molecule is Cc1cc(N=Nc2c(C)c(C#N)c(=O)n(N3CCOCC3)c2O)no1. The number of hydrogen-bond acceptors (Lipinski definition) is 9. The lowest BCUT2D eigenvalue weighted by molar-refractivity contribution is 0.109. The second kappa shape index (κ2) is 6.74. The molecule has 1 N–H and O–H groups in total. The van der Waals surface area contributed by atoms with Crippen molar-refractivity contribution in [2.24, 2.45) is 10.2 Å². The van der Waals surface area contributed by atoms with Crippen LogP contribution in [0.25, 0.3) is 0 Å². The van der Waals surface area contributed by atoms with Crippen molar-refractivity contribution in [2.75, 3.05) is 31.3 Å². The highest BCUT2D eigenvalue weighted by Crippen LogP contribution is 2.32. The zero-order chi connectivity index (χ0) is 18.0. The van der Waals surface area contributed by atoms with Crippen LogP contribution in [0.15, 0.2) is 25.6 Å². The first-order chi connectivity index (χ1) is 12.0. The highest BCUT2D eigenvalue weighted by Gasteiger charge is 2.24. The van der Waals surface area contributed by atoms with Crippen LogP contribution in [0.1, 0.15) is 16.9 Å². The van der Waals surface area contributed by atoms with E-state index in [4.69, 9.17) is 9.26 Å². The maximum atomic E-state index is 12.6. The van der Waals surface area contributed by atoms with Gasteiger partial charge in [-0.05, 0) is 13.8 Å². The first kappa shape index (κ1) is 16.7. The molecule has 2 aromatic rings. The Morgan fingerprint density at radius 3 is 2.64 bits per heavy atom. The second-order valence-electron chi connectivity index (χ2n) is 5.46. The van der Waals surface area contributed by atoms with Crippen molar-refractivity contribution in [1.29, 1.82) is 5.26 Å². The van der Waals surface area contributed by atoms with Gasteiger partial charge in [0.2, 0.25) is 11.7 Å².